The van der Waals surface area contributed by atoms with Crippen LogP contribution in [0, 0.1) is 5.82 Å². The molecule has 1 aromatic heterocycles. The second-order valence-electron chi connectivity index (χ2n) is 4.11. The Bertz CT molecular complexity index is 529. The van der Waals surface area contributed by atoms with Crippen LogP contribution in [0.4, 0.5) is 4.39 Å². The molecule has 2 rings (SSSR count). The van der Waals surface area contributed by atoms with Gasteiger partial charge < -0.3 is 0 Å². The predicted octanol–water partition coefficient (Wildman–Crippen LogP) is 3.08. The van der Waals surface area contributed by atoms with E-state index >= 15 is 0 Å². The number of hydrogen-bond donors (Lipinski definition) is 0. The van der Waals surface area contributed by atoms with Gasteiger partial charge >= 0.3 is 0 Å². The molecule has 0 N–H and O–H groups in total. The van der Waals surface area contributed by atoms with Crippen LogP contribution in [0.5, 0.6) is 0 Å². The summed E-state index contributed by atoms with van der Waals surface area (Å²) in [5, 5.41) is 4.18. The number of nitrogens with zero attached hydrogens (tertiary/aromatic N) is 2. The summed E-state index contributed by atoms with van der Waals surface area (Å²) in [5.74, 6) is -0.294. The Labute approximate surface area is 98.9 Å². The minimum atomic E-state index is -0.294. The minimum absolute atomic E-state index is 0.142. The molecule has 0 amide bonds. The Morgan fingerprint density at radius 3 is 2.47 bits per heavy atom. The van der Waals surface area contributed by atoms with Gasteiger partial charge in [0, 0.05) is 11.6 Å². The molecule has 0 atom stereocenters. The van der Waals surface area contributed by atoms with Gasteiger partial charge in [-0.25, -0.2) is 4.39 Å². The van der Waals surface area contributed by atoms with Crippen LogP contribution in [0.15, 0.2) is 30.5 Å². The molecular formula is C13H13FN2O. The van der Waals surface area contributed by atoms with Crippen LogP contribution >= 0.6 is 0 Å². The van der Waals surface area contributed by atoms with Crippen molar-refractivity contribution >= 4 is 6.29 Å². The molecule has 0 aliphatic rings. The number of carbonyl (C=O) groups excluding carboxylic acids is 1. The Morgan fingerprint density at radius 2 is 1.94 bits per heavy atom. The maximum absolute atomic E-state index is 12.9. The van der Waals surface area contributed by atoms with E-state index in [1.807, 2.05) is 13.8 Å². The van der Waals surface area contributed by atoms with Gasteiger partial charge in [0.05, 0.1) is 17.5 Å². The van der Waals surface area contributed by atoms with Crippen LogP contribution in [-0.2, 0) is 0 Å². The highest BCUT2D eigenvalue weighted by Crippen LogP contribution is 2.25. The molecule has 1 heterocycles. The first kappa shape index (κ1) is 11.5. The highest BCUT2D eigenvalue weighted by molar-refractivity contribution is 5.85. The number of rotatable bonds is 3. The molecule has 0 saturated carbocycles. The predicted molar refractivity (Wildman–Crippen MR) is 63.4 cm³/mol. The third-order valence-corrected chi connectivity index (χ3v) is 2.56. The topological polar surface area (TPSA) is 34.9 Å². The molecule has 0 aliphatic heterocycles. The van der Waals surface area contributed by atoms with Gasteiger partial charge in [-0.05, 0) is 38.1 Å². The number of hydrogen-bond acceptors (Lipinski definition) is 2. The van der Waals surface area contributed by atoms with E-state index < -0.39 is 0 Å². The second kappa shape index (κ2) is 4.49. The third kappa shape index (κ3) is 2.11. The zero-order valence-electron chi connectivity index (χ0n) is 9.72. The van der Waals surface area contributed by atoms with Crippen LogP contribution in [0.3, 0.4) is 0 Å². The van der Waals surface area contributed by atoms with Gasteiger partial charge in [-0.2, -0.15) is 5.10 Å². The first-order valence-corrected chi connectivity index (χ1v) is 5.42. The molecule has 0 radical (unpaired) electrons. The fraction of sp³-hybridized carbons (Fsp3) is 0.231. The maximum atomic E-state index is 12.9. The molecule has 0 unspecified atom stereocenters. The van der Waals surface area contributed by atoms with E-state index in [1.54, 1.807) is 16.8 Å². The summed E-state index contributed by atoms with van der Waals surface area (Å²) in [7, 11) is 0. The van der Waals surface area contributed by atoms with Gasteiger partial charge in [0.1, 0.15) is 5.82 Å². The van der Waals surface area contributed by atoms with E-state index in [9.17, 15) is 9.18 Å². The largest absolute Gasteiger partial charge is 0.298 e. The monoisotopic (exact) mass is 232 g/mol. The number of carbonyl (C=O) groups is 1. The van der Waals surface area contributed by atoms with E-state index in [0.717, 1.165) is 17.5 Å². The van der Waals surface area contributed by atoms with Gasteiger partial charge in [-0.3, -0.25) is 9.48 Å². The Morgan fingerprint density at radius 1 is 1.29 bits per heavy atom. The average molecular weight is 232 g/mol. The summed E-state index contributed by atoms with van der Waals surface area (Å²) >= 11 is 0. The summed E-state index contributed by atoms with van der Waals surface area (Å²) in [5.41, 5.74) is 2.04. The van der Waals surface area contributed by atoms with Crippen LogP contribution in [0.25, 0.3) is 11.3 Å². The molecule has 17 heavy (non-hydrogen) atoms. The molecule has 0 aliphatic carbocycles. The molecule has 0 bridgehead atoms. The smallest absolute Gasteiger partial charge is 0.153 e. The Balaban J connectivity index is 2.59. The lowest BCUT2D eigenvalue weighted by atomic mass is 10.1. The molecular weight excluding hydrogens is 219 g/mol. The number of benzene rings is 1. The van der Waals surface area contributed by atoms with Crippen molar-refractivity contribution in [3.8, 4) is 11.3 Å². The van der Waals surface area contributed by atoms with E-state index in [2.05, 4.69) is 5.10 Å². The van der Waals surface area contributed by atoms with Crippen LogP contribution in [-0.4, -0.2) is 16.1 Å². The first-order chi connectivity index (χ1) is 8.13. The number of halogens is 1. The van der Waals surface area contributed by atoms with Crippen LogP contribution in [0.1, 0.15) is 30.2 Å². The molecule has 4 heteroatoms. The van der Waals surface area contributed by atoms with Crippen molar-refractivity contribution in [3.63, 3.8) is 0 Å². The summed E-state index contributed by atoms with van der Waals surface area (Å²) < 4.78 is 14.6. The average Bonchev–Trinajstić information content (AvgIpc) is 2.73. The Kier molecular flexibility index (Phi) is 3.04. The fourth-order valence-electron chi connectivity index (χ4n) is 1.76. The quantitative estimate of drug-likeness (QED) is 0.762. The SMILES string of the molecule is CC(C)n1ncc(C=O)c1-c1ccc(F)cc1. The maximum Gasteiger partial charge on any atom is 0.153 e. The van der Waals surface area contributed by atoms with Gasteiger partial charge in [-0.15, -0.1) is 0 Å². The molecule has 3 nitrogen and oxygen atoms in total. The van der Waals surface area contributed by atoms with Crippen LogP contribution < -0.4 is 0 Å². The molecule has 88 valence electrons. The number of aldehydes is 1. The highest BCUT2D eigenvalue weighted by atomic mass is 19.1. The summed E-state index contributed by atoms with van der Waals surface area (Å²) in [6, 6.07) is 6.20. The highest BCUT2D eigenvalue weighted by Gasteiger charge is 2.14. The zero-order chi connectivity index (χ0) is 12.4. The van der Waals surface area contributed by atoms with Crippen molar-refractivity contribution in [3.05, 3.63) is 41.8 Å². The lowest BCUT2D eigenvalue weighted by Crippen LogP contribution is -2.05. The lowest BCUT2D eigenvalue weighted by molar-refractivity contribution is 0.112. The lowest BCUT2D eigenvalue weighted by Gasteiger charge is -2.11. The van der Waals surface area contributed by atoms with Crippen molar-refractivity contribution in [1.82, 2.24) is 9.78 Å². The van der Waals surface area contributed by atoms with Crippen LogP contribution in [0.2, 0.25) is 0 Å². The van der Waals surface area contributed by atoms with E-state index in [1.165, 1.54) is 18.3 Å². The number of aromatic nitrogens is 2. The van der Waals surface area contributed by atoms with E-state index in [0.29, 0.717) is 5.56 Å². The van der Waals surface area contributed by atoms with Crippen molar-refractivity contribution in [2.75, 3.05) is 0 Å². The third-order valence-electron chi connectivity index (χ3n) is 2.56. The van der Waals surface area contributed by atoms with Crippen molar-refractivity contribution < 1.29 is 9.18 Å². The molecule has 0 spiro atoms. The van der Waals surface area contributed by atoms with E-state index in [4.69, 9.17) is 0 Å². The molecule has 0 saturated heterocycles. The molecule has 1 aromatic carbocycles. The van der Waals surface area contributed by atoms with Crippen molar-refractivity contribution in [2.45, 2.75) is 19.9 Å². The van der Waals surface area contributed by atoms with Gasteiger partial charge in [0.15, 0.2) is 6.29 Å². The summed E-state index contributed by atoms with van der Waals surface area (Å²) in [6.07, 6.45) is 2.30. The summed E-state index contributed by atoms with van der Waals surface area (Å²) in [4.78, 5) is 11.0. The van der Waals surface area contributed by atoms with Gasteiger partial charge in [0.25, 0.3) is 0 Å². The fourth-order valence-corrected chi connectivity index (χ4v) is 1.76. The Hall–Kier alpha value is -1.97. The summed E-state index contributed by atoms with van der Waals surface area (Å²) in [6.45, 7) is 3.96. The van der Waals surface area contributed by atoms with Crippen molar-refractivity contribution in [2.24, 2.45) is 0 Å². The minimum Gasteiger partial charge on any atom is -0.298 e. The molecule has 2 aromatic rings. The normalized spacial score (nSPS) is 10.8. The standard InChI is InChI=1S/C13H13FN2O/c1-9(2)16-13(11(8-17)7-15-16)10-3-5-12(14)6-4-10/h3-9H,1-2H3. The van der Waals surface area contributed by atoms with Gasteiger partial charge in [0.2, 0.25) is 0 Å². The zero-order valence-corrected chi connectivity index (χ0v) is 9.72. The van der Waals surface area contributed by atoms with E-state index in [-0.39, 0.29) is 11.9 Å². The first-order valence-electron chi connectivity index (χ1n) is 5.42. The molecule has 0 fully saturated rings. The van der Waals surface area contributed by atoms with Gasteiger partial charge in [-0.1, -0.05) is 0 Å². The van der Waals surface area contributed by atoms with Crippen molar-refractivity contribution in [1.29, 1.82) is 0 Å². The second-order valence-corrected chi connectivity index (χ2v) is 4.11.